The molecule has 0 fully saturated rings. The maximum absolute atomic E-state index is 10.8. The van der Waals surface area contributed by atoms with E-state index in [1.54, 1.807) is 0 Å². The largest absolute Gasteiger partial charge is 0.481 e. The highest BCUT2D eigenvalue weighted by Crippen LogP contribution is 2.50. The lowest BCUT2D eigenvalue weighted by Crippen LogP contribution is -2.45. The van der Waals surface area contributed by atoms with Crippen LogP contribution in [0.3, 0.4) is 0 Å². The molecule has 0 spiro atoms. The summed E-state index contributed by atoms with van der Waals surface area (Å²) >= 11 is 0. The quantitative estimate of drug-likeness (QED) is 0.234. The van der Waals surface area contributed by atoms with Crippen molar-refractivity contribution in [2.45, 2.75) is 102 Å². The number of carbonyl (C=O) groups is 2. The van der Waals surface area contributed by atoms with Crippen LogP contribution in [0.15, 0.2) is 60.7 Å². The summed E-state index contributed by atoms with van der Waals surface area (Å²) in [6.07, 6.45) is 10.1. The number of hydrogen-bond acceptors (Lipinski definition) is 2. The van der Waals surface area contributed by atoms with E-state index < -0.39 is 11.9 Å². The number of hydrogen-bond donors (Lipinski definition) is 2. The monoisotopic (exact) mass is 466 g/mol. The minimum Gasteiger partial charge on any atom is -0.481 e. The second-order valence-electron chi connectivity index (χ2n) is 10.0. The molecule has 186 valence electrons. The maximum atomic E-state index is 10.8. The molecular formula is C30H42O4. The lowest BCUT2D eigenvalue weighted by atomic mass is 9.55. The Hall–Kier alpha value is -2.62. The van der Waals surface area contributed by atoms with Gasteiger partial charge in [0.25, 0.3) is 0 Å². The molecule has 2 aromatic rings. The molecule has 0 aliphatic heterocycles. The van der Waals surface area contributed by atoms with Crippen LogP contribution >= 0.6 is 0 Å². The predicted molar refractivity (Wildman–Crippen MR) is 138 cm³/mol. The van der Waals surface area contributed by atoms with Crippen molar-refractivity contribution in [2.24, 2.45) is 0 Å². The lowest BCUT2D eigenvalue weighted by Gasteiger charge is -2.48. The van der Waals surface area contributed by atoms with Gasteiger partial charge >= 0.3 is 11.9 Å². The number of rotatable bonds is 17. The molecule has 0 bridgehead atoms. The van der Waals surface area contributed by atoms with Crippen LogP contribution in [0.5, 0.6) is 0 Å². The van der Waals surface area contributed by atoms with E-state index in [4.69, 9.17) is 10.2 Å². The molecule has 2 unspecified atom stereocenters. The first-order valence-electron chi connectivity index (χ1n) is 12.8. The Labute approximate surface area is 205 Å². The molecule has 0 radical (unpaired) electrons. The average Bonchev–Trinajstić information content (AvgIpc) is 2.83. The lowest BCUT2D eigenvalue weighted by molar-refractivity contribution is -0.138. The Morgan fingerprint density at radius 2 is 0.882 bits per heavy atom. The van der Waals surface area contributed by atoms with Crippen LogP contribution in [0.1, 0.15) is 102 Å². The molecule has 0 saturated heterocycles. The average molecular weight is 467 g/mol. The number of unbranched alkanes of at least 4 members (excludes halogenated alkanes) is 6. The number of benzene rings is 2. The van der Waals surface area contributed by atoms with Crippen molar-refractivity contribution in [1.29, 1.82) is 0 Å². The summed E-state index contributed by atoms with van der Waals surface area (Å²) in [4.78, 5) is 21.7. The van der Waals surface area contributed by atoms with Crippen molar-refractivity contribution in [1.82, 2.24) is 0 Å². The van der Waals surface area contributed by atoms with Crippen molar-refractivity contribution in [3.8, 4) is 0 Å². The molecule has 2 aromatic carbocycles. The summed E-state index contributed by atoms with van der Waals surface area (Å²) in [5, 5.41) is 17.8. The Bertz CT molecular complexity index is 790. The van der Waals surface area contributed by atoms with E-state index >= 15 is 0 Å². The van der Waals surface area contributed by atoms with Crippen LogP contribution in [-0.4, -0.2) is 22.2 Å². The molecule has 0 saturated carbocycles. The van der Waals surface area contributed by atoms with Crippen molar-refractivity contribution >= 4 is 11.9 Å². The summed E-state index contributed by atoms with van der Waals surface area (Å²) in [7, 11) is 0. The van der Waals surface area contributed by atoms with Gasteiger partial charge in [-0.1, -0.05) is 113 Å². The van der Waals surface area contributed by atoms with Crippen molar-refractivity contribution < 1.29 is 19.8 Å². The van der Waals surface area contributed by atoms with E-state index in [1.165, 1.54) is 11.1 Å². The zero-order valence-corrected chi connectivity index (χ0v) is 21.0. The molecule has 0 aliphatic rings. The van der Waals surface area contributed by atoms with Crippen LogP contribution in [0, 0.1) is 0 Å². The van der Waals surface area contributed by atoms with Crippen molar-refractivity contribution in [3.63, 3.8) is 0 Å². The third-order valence-electron chi connectivity index (χ3n) is 7.67. The van der Waals surface area contributed by atoms with E-state index in [9.17, 15) is 9.59 Å². The van der Waals surface area contributed by atoms with Gasteiger partial charge in [0.05, 0.1) is 0 Å². The van der Waals surface area contributed by atoms with E-state index in [2.05, 4.69) is 74.5 Å². The summed E-state index contributed by atoms with van der Waals surface area (Å²) in [6, 6.07) is 21.6. The Kier molecular flexibility index (Phi) is 11.3. The smallest absolute Gasteiger partial charge is 0.303 e. The van der Waals surface area contributed by atoms with E-state index in [-0.39, 0.29) is 23.7 Å². The van der Waals surface area contributed by atoms with Gasteiger partial charge in [-0.15, -0.1) is 0 Å². The fourth-order valence-corrected chi connectivity index (χ4v) is 5.31. The molecule has 2 rings (SSSR count). The SMILES string of the molecule is CC(CCCCCCC(=O)O)(c1ccccc1)C(C)(CCCCCCC(=O)O)c1ccccc1. The van der Waals surface area contributed by atoms with Crippen LogP contribution in [0.4, 0.5) is 0 Å². The minimum absolute atomic E-state index is 0.0799. The summed E-state index contributed by atoms with van der Waals surface area (Å²) < 4.78 is 0. The number of carboxylic acids is 2. The molecule has 0 amide bonds. The summed E-state index contributed by atoms with van der Waals surface area (Å²) in [5.41, 5.74) is 2.53. The molecule has 2 atom stereocenters. The minimum atomic E-state index is -0.714. The molecule has 34 heavy (non-hydrogen) atoms. The van der Waals surface area contributed by atoms with Gasteiger partial charge in [-0.05, 0) is 36.8 Å². The second-order valence-corrected chi connectivity index (χ2v) is 10.0. The van der Waals surface area contributed by atoms with Crippen LogP contribution < -0.4 is 0 Å². The van der Waals surface area contributed by atoms with Gasteiger partial charge in [-0.2, -0.15) is 0 Å². The van der Waals surface area contributed by atoms with Crippen molar-refractivity contribution in [2.75, 3.05) is 0 Å². The first-order chi connectivity index (χ1) is 16.3. The van der Waals surface area contributed by atoms with Gasteiger partial charge in [-0.3, -0.25) is 9.59 Å². The number of aliphatic carboxylic acids is 2. The van der Waals surface area contributed by atoms with Gasteiger partial charge in [-0.25, -0.2) is 0 Å². The fraction of sp³-hybridized carbons (Fsp3) is 0.533. The first-order valence-corrected chi connectivity index (χ1v) is 12.8. The molecule has 0 aliphatic carbocycles. The van der Waals surface area contributed by atoms with Crippen molar-refractivity contribution in [3.05, 3.63) is 71.8 Å². The normalized spacial score (nSPS) is 14.8. The molecule has 4 nitrogen and oxygen atoms in total. The van der Waals surface area contributed by atoms with E-state index in [0.717, 1.165) is 64.2 Å². The Morgan fingerprint density at radius 3 is 1.21 bits per heavy atom. The second kappa shape index (κ2) is 13.9. The van der Waals surface area contributed by atoms with Gasteiger partial charge in [0, 0.05) is 23.7 Å². The number of carboxylic acid groups (broad SMARTS) is 2. The third-order valence-corrected chi connectivity index (χ3v) is 7.67. The van der Waals surface area contributed by atoms with Crippen LogP contribution in [0.25, 0.3) is 0 Å². The van der Waals surface area contributed by atoms with Gasteiger partial charge < -0.3 is 10.2 Å². The highest BCUT2D eigenvalue weighted by Gasteiger charge is 2.45. The third kappa shape index (κ3) is 8.00. The summed E-state index contributed by atoms with van der Waals surface area (Å²) in [5.74, 6) is -1.43. The zero-order chi connectivity index (χ0) is 24.9. The van der Waals surface area contributed by atoms with Gasteiger partial charge in [0.15, 0.2) is 0 Å². The van der Waals surface area contributed by atoms with Crippen LogP contribution in [0.2, 0.25) is 0 Å². The van der Waals surface area contributed by atoms with Gasteiger partial charge in [0.2, 0.25) is 0 Å². The summed E-state index contributed by atoms with van der Waals surface area (Å²) in [6.45, 7) is 4.80. The zero-order valence-electron chi connectivity index (χ0n) is 21.0. The first kappa shape index (κ1) is 27.6. The predicted octanol–water partition coefficient (Wildman–Crippen LogP) is 7.75. The van der Waals surface area contributed by atoms with Gasteiger partial charge in [0.1, 0.15) is 0 Å². The molecule has 0 heterocycles. The van der Waals surface area contributed by atoms with E-state index in [1.807, 2.05) is 0 Å². The van der Waals surface area contributed by atoms with E-state index in [0.29, 0.717) is 0 Å². The topological polar surface area (TPSA) is 74.6 Å². The molecular weight excluding hydrogens is 424 g/mol. The highest BCUT2D eigenvalue weighted by molar-refractivity contribution is 5.66. The highest BCUT2D eigenvalue weighted by atomic mass is 16.4. The fourth-order valence-electron chi connectivity index (χ4n) is 5.31. The Balaban J connectivity index is 2.22. The standard InChI is InChI=1S/C30H42O4/c1-29(25-17-9-7-10-18-25,23-15-5-3-13-21-27(31)32)30(2,26-19-11-8-12-20-26)24-16-6-4-14-22-28(33)34/h7-12,17-20H,3-6,13-16,21-24H2,1-2H3,(H,31,32)(H,33,34). The molecule has 2 N–H and O–H groups in total. The molecule has 4 heteroatoms. The Morgan fingerprint density at radius 1 is 0.559 bits per heavy atom. The van der Waals surface area contributed by atoms with Crippen LogP contribution in [-0.2, 0) is 20.4 Å². The molecule has 0 aromatic heterocycles. The maximum Gasteiger partial charge on any atom is 0.303 e.